The third kappa shape index (κ3) is 11.1. The highest BCUT2D eigenvalue weighted by atomic mass is 35.5. The van der Waals surface area contributed by atoms with Gasteiger partial charge >= 0.3 is 5.97 Å². The zero-order valence-electron chi connectivity index (χ0n) is 4.96. The van der Waals surface area contributed by atoms with Gasteiger partial charge in [-0.15, -0.1) is 12.4 Å². The molecule has 2 N–H and O–H groups in total. The van der Waals surface area contributed by atoms with Crippen LogP contribution in [0.2, 0.25) is 0 Å². The second-order valence-corrected chi connectivity index (χ2v) is 1.30. The average Bonchev–Trinajstić information content (AvgIpc) is 1.66. The average molecular weight is 152 g/mol. The Labute approximate surface area is 60.2 Å². The van der Waals surface area contributed by atoms with Crippen LogP contribution < -0.4 is 5.32 Å². The molecule has 0 heterocycles. The van der Waals surface area contributed by atoms with Gasteiger partial charge in [0.25, 0.3) is 0 Å². The van der Waals surface area contributed by atoms with E-state index in [-0.39, 0.29) is 18.8 Å². The van der Waals surface area contributed by atoms with Gasteiger partial charge in [-0.2, -0.15) is 0 Å². The van der Waals surface area contributed by atoms with Crippen LogP contribution in [0.5, 0.6) is 0 Å². The summed E-state index contributed by atoms with van der Waals surface area (Å²) < 4.78 is 0. The second-order valence-electron chi connectivity index (χ2n) is 1.30. The molecule has 0 bridgehead atoms. The molecule has 9 heavy (non-hydrogen) atoms. The van der Waals surface area contributed by atoms with E-state index in [1.54, 1.807) is 0 Å². The minimum atomic E-state index is -0.792. The van der Waals surface area contributed by atoms with Crippen molar-refractivity contribution in [2.75, 3.05) is 6.54 Å². The van der Waals surface area contributed by atoms with Gasteiger partial charge in [0, 0.05) is 6.54 Å². The maximum atomic E-state index is 9.80. The number of aliphatic carboxylic acids is 1. The van der Waals surface area contributed by atoms with E-state index >= 15 is 0 Å². The number of hydrogen-bond donors (Lipinski definition) is 2. The number of hydrogen-bond acceptors (Lipinski definition) is 2. The van der Waals surface area contributed by atoms with Crippen LogP contribution in [-0.2, 0) is 4.79 Å². The van der Waals surface area contributed by atoms with Crippen molar-refractivity contribution in [2.45, 2.75) is 6.42 Å². The van der Waals surface area contributed by atoms with Crippen molar-refractivity contribution < 1.29 is 9.90 Å². The van der Waals surface area contributed by atoms with Crippen molar-refractivity contribution in [3.63, 3.8) is 0 Å². The molecule has 0 rings (SSSR count). The number of halogens is 1. The summed E-state index contributed by atoms with van der Waals surface area (Å²) in [6.45, 7) is 3.81. The maximum absolute atomic E-state index is 9.80. The Hall–Kier alpha value is -0.700. The molecule has 0 aromatic rings. The Morgan fingerprint density at radius 1 is 1.78 bits per heavy atom. The topological polar surface area (TPSA) is 49.3 Å². The summed E-state index contributed by atoms with van der Waals surface area (Å²) in [5.41, 5.74) is 0. The number of nitrogens with one attached hydrogen (secondary N) is 1. The number of rotatable bonds is 4. The van der Waals surface area contributed by atoms with Gasteiger partial charge in [0.2, 0.25) is 0 Å². The Bertz CT molecular complexity index is 95.0. The highest BCUT2D eigenvalue weighted by molar-refractivity contribution is 5.85. The number of carboxylic acid groups (broad SMARTS) is 1. The normalized spacial score (nSPS) is 7.11. The van der Waals surface area contributed by atoms with Crippen LogP contribution in [0.25, 0.3) is 0 Å². The Morgan fingerprint density at radius 3 is 2.67 bits per heavy atom. The SMILES string of the molecule is C=CNCCC(=O)O.Cl. The van der Waals surface area contributed by atoms with Crippen molar-refractivity contribution in [3.05, 3.63) is 12.8 Å². The minimum Gasteiger partial charge on any atom is -0.481 e. The molecule has 0 unspecified atom stereocenters. The first-order valence-electron chi connectivity index (χ1n) is 2.33. The van der Waals surface area contributed by atoms with Crippen molar-refractivity contribution in [1.29, 1.82) is 0 Å². The molecule has 3 nitrogen and oxygen atoms in total. The summed E-state index contributed by atoms with van der Waals surface area (Å²) in [7, 11) is 0. The van der Waals surface area contributed by atoms with Gasteiger partial charge in [0.05, 0.1) is 6.42 Å². The van der Waals surface area contributed by atoms with E-state index in [1.807, 2.05) is 0 Å². The first kappa shape index (κ1) is 11.1. The van der Waals surface area contributed by atoms with E-state index in [9.17, 15) is 4.79 Å². The van der Waals surface area contributed by atoms with E-state index < -0.39 is 5.97 Å². The van der Waals surface area contributed by atoms with Crippen LogP contribution in [0.4, 0.5) is 0 Å². The van der Waals surface area contributed by atoms with E-state index in [4.69, 9.17) is 5.11 Å². The molecule has 0 amide bonds. The smallest absolute Gasteiger partial charge is 0.305 e. The predicted molar refractivity (Wildman–Crippen MR) is 37.7 cm³/mol. The third-order valence-corrected chi connectivity index (χ3v) is 0.628. The minimum absolute atomic E-state index is 0. The lowest BCUT2D eigenvalue weighted by Gasteiger charge is -1.92. The van der Waals surface area contributed by atoms with Crippen LogP contribution in [-0.4, -0.2) is 17.6 Å². The van der Waals surface area contributed by atoms with E-state index in [0.717, 1.165) is 0 Å². The molecule has 0 aromatic carbocycles. The molecule has 0 aliphatic rings. The summed E-state index contributed by atoms with van der Waals surface area (Å²) in [4.78, 5) is 9.80. The molecule has 0 aromatic heterocycles. The summed E-state index contributed by atoms with van der Waals surface area (Å²) in [6, 6.07) is 0. The number of carbonyl (C=O) groups is 1. The molecule has 0 aliphatic heterocycles. The lowest BCUT2D eigenvalue weighted by molar-refractivity contribution is -0.136. The van der Waals surface area contributed by atoms with Gasteiger partial charge in [-0.25, -0.2) is 0 Å². The van der Waals surface area contributed by atoms with Gasteiger partial charge < -0.3 is 10.4 Å². The van der Waals surface area contributed by atoms with Gasteiger partial charge in [0.1, 0.15) is 0 Å². The van der Waals surface area contributed by atoms with Gasteiger partial charge in [-0.1, -0.05) is 6.58 Å². The van der Waals surface area contributed by atoms with Crippen molar-refractivity contribution in [3.8, 4) is 0 Å². The predicted octanol–water partition coefficient (Wildman–Crippen LogP) is 0.616. The fourth-order valence-electron chi connectivity index (χ4n) is 0.281. The maximum Gasteiger partial charge on any atom is 0.305 e. The summed E-state index contributed by atoms with van der Waals surface area (Å²) in [6.07, 6.45) is 1.62. The van der Waals surface area contributed by atoms with Crippen LogP contribution in [0.1, 0.15) is 6.42 Å². The van der Waals surface area contributed by atoms with Crippen LogP contribution in [0.3, 0.4) is 0 Å². The standard InChI is InChI=1S/C5H9NO2.ClH/c1-2-6-4-3-5(7)8;/h2,6H,1,3-4H2,(H,7,8);1H. The van der Waals surface area contributed by atoms with Gasteiger partial charge in [-0.3, -0.25) is 4.79 Å². The number of carboxylic acids is 1. The summed E-state index contributed by atoms with van der Waals surface area (Å²) in [5.74, 6) is -0.792. The largest absolute Gasteiger partial charge is 0.481 e. The lowest BCUT2D eigenvalue weighted by atomic mass is 10.4. The Morgan fingerprint density at radius 2 is 2.33 bits per heavy atom. The third-order valence-electron chi connectivity index (χ3n) is 0.628. The van der Waals surface area contributed by atoms with Gasteiger partial charge in [0.15, 0.2) is 0 Å². The fourth-order valence-corrected chi connectivity index (χ4v) is 0.281. The molecule has 0 aliphatic carbocycles. The first-order chi connectivity index (χ1) is 3.77. The van der Waals surface area contributed by atoms with Crippen molar-refractivity contribution >= 4 is 18.4 Å². The highest BCUT2D eigenvalue weighted by Gasteiger charge is 1.90. The second kappa shape index (κ2) is 7.30. The summed E-state index contributed by atoms with van der Waals surface area (Å²) in [5, 5.41) is 10.7. The monoisotopic (exact) mass is 151 g/mol. The molecule has 54 valence electrons. The Balaban J connectivity index is 0. The molecule has 0 atom stereocenters. The summed E-state index contributed by atoms with van der Waals surface area (Å²) >= 11 is 0. The zero-order valence-corrected chi connectivity index (χ0v) is 5.78. The zero-order chi connectivity index (χ0) is 6.41. The molecular formula is C5H10ClNO2. The molecule has 0 saturated heterocycles. The molecule has 0 radical (unpaired) electrons. The van der Waals surface area contributed by atoms with Crippen LogP contribution in [0, 0.1) is 0 Å². The fraction of sp³-hybridized carbons (Fsp3) is 0.400. The quantitative estimate of drug-likeness (QED) is 0.579. The van der Waals surface area contributed by atoms with Gasteiger partial charge in [-0.05, 0) is 6.20 Å². The molecular weight excluding hydrogens is 142 g/mol. The lowest BCUT2D eigenvalue weighted by Crippen LogP contribution is -2.10. The first-order valence-corrected chi connectivity index (χ1v) is 2.33. The molecule has 0 spiro atoms. The van der Waals surface area contributed by atoms with E-state index in [0.29, 0.717) is 6.54 Å². The van der Waals surface area contributed by atoms with E-state index in [2.05, 4.69) is 11.9 Å². The molecule has 4 heteroatoms. The van der Waals surface area contributed by atoms with Crippen molar-refractivity contribution in [1.82, 2.24) is 5.32 Å². The molecule has 0 fully saturated rings. The Kier molecular flexibility index (Phi) is 9.04. The highest BCUT2D eigenvalue weighted by Crippen LogP contribution is 1.72. The van der Waals surface area contributed by atoms with Crippen LogP contribution in [0.15, 0.2) is 12.8 Å². The molecule has 0 saturated carbocycles. The van der Waals surface area contributed by atoms with E-state index in [1.165, 1.54) is 6.20 Å². The van der Waals surface area contributed by atoms with Crippen molar-refractivity contribution in [2.24, 2.45) is 0 Å². The van der Waals surface area contributed by atoms with Crippen LogP contribution >= 0.6 is 12.4 Å².